The second-order valence-corrected chi connectivity index (χ2v) is 8.25. The molecule has 6 nitrogen and oxygen atoms in total. The average Bonchev–Trinajstić information content (AvgIpc) is 2.77. The second-order valence-electron chi connectivity index (χ2n) is 7.81. The van der Waals surface area contributed by atoms with Gasteiger partial charge in [-0.25, -0.2) is 4.98 Å². The van der Waals surface area contributed by atoms with Gasteiger partial charge in [-0.15, -0.1) is 0 Å². The van der Waals surface area contributed by atoms with E-state index in [2.05, 4.69) is 0 Å². The maximum Gasteiger partial charge on any atom is 0.266 e. The van der Waals surface area contributed by atoms with Crippen molar-refractivity contribution in [1.29, 1.82) is 0 Å². The van der Waals surface area contributed by atoms with Crippen molar-refractivity contribution >= 4 is 28.4 Å². The lowest BCUT2D eigenvalue weighted by atomic mass is 10.1. The predicted molar refractivity (Wildman–Crippen MR) is 129 cm³/mol. The maximum absolute atomic E-state index is 13.7. The summed E-state index contributed by atoms with van der Waals surface area (Å²) in [6, 6.07) is 12.4. The van der Waals surface area contributed by atoms with Crippen LogP contribution in [0.1, 0.15) is 50.5 Å². The molecule has 1 atom stereocenters. The summed E-state index contributed by atoms with van der Waals surface area (Å²) in [4.78, 5) is 33.5. The van der Waals surface area contributed by atoms with Crippen molar-refractivity contribution < 1.29 is 9.53 Å². The Morgan fingerprint density at radius 2 is 1.97 bits per heavy atom. The van der Waals surface area contributed by atoms with Crippen molar-refractivity contribution in [3.8, 4) is 5.69 Å². The van der Waals surface area contributed by atoms with Crippen molar-refractivity contribution in [2.45, 2.75) is 46.1 Å². The summed E-state index contributed by atoms with van der Waals surface area (Å²) in [7, 11) is 1.62. The molecule has 0 spiro atoms. The Balaban J connectivity index is 2.31. The number of halogens is 1. The number of hydrogen-bond donors (Lipinski definition) is 0. The molecule has 1 unspecified atom stereocenters. The molecule has 0 saturated heterocycles. The van der Waals surface area contributed by atoms with Crippen LogP contribution in [0, 0.1) is 6.92 Å². The van der Waals surface area contributed by atoms with E-state index in [1.165, 1.54) is 0 Å². The first-order valence-corrected chi connectivity index (χ1v) is 11.4. The van der Waals surface area contributed by atoms with Gasteiger partial charge in [-0.1, -0.05) is 37.6 Å². The minimum absolute atomic E-state index is 0.0261. The highest BCUT2D eigenvalue weighted by Gasteiger charge is 2.28. The number of rotatable bonds is 9. The van der Waals surface area contributed by atoms with Gasteiger partial charge in [-0.05, 0) is 55.7 Å². The smallest absolute Gasteiger partial charge is 0.266 e. The lowest BCUT2D eigenvalue weighted by molar-refractivity contribution is -0.134. The van der Waals surface area contributed by atoms with Crippen LogP contribution in [0.4, 0.5) is 0 Å². The highest BCUT2D eigenvalue weighted by atomic mass is 35.5. The first-order valence-electron chi connectivity index (χ1n) is 11.0. The number of ether oxygens (including phenoxy) is 1. The zero-order valence-corrected chi connectivity index (χ0v) is 19.9. The topological polar surface area (TPSA) is 64.4 Å². The number of para-hydroxylation sites is 1. The van der Waals surface area contributed by atoms with Crippen LogP contribution in [0.15, 0.2) is 47.3 Å². The molecule has 1 heterocycles. The SMILES string of the molecule is CCCC(=O)N(CCOC)C(CC)c1nc2ccccc2c(=O)n1-c1ccc(Cl)cc1C. The molecule has 3 aromatic rings. The Labute approximate surface area is 193 Å². The molecule has 7 heteroatoms. The van der Waals surface area contributed by atoms with Gasteiger partial charge in [0.1, 0.15) is 5.82 Å². The van der Waals surface area contributed by atoms with E-state index in [0.29, 0.717) is 53.4 Å². The van der Waals surface area contributed by atoms with Gasteiger partial charge < -0.3 is 9.64 Å². The van der Waals surface area contributed by atoms with Crippen molar-refractivity contribution in [3.05, 3.63) is 69.2 Å². The van der Waals surface area contributed by atoms with E-state index in [-0.39, 0.29) is 17.5 Å². The number of methoxy groups -OCH3 is 1. The molecule has 0 fully saturated rings. The number of carbonyl (C=O) groups excluding carboxylic acids is 1. The van der Waals surface area contributed by atoms with E-state index in [0.717, 1.165) is 12.0 Å². The monoisotopic (exact) mass is 455 g/mol. The van der Waals surface area contributed by atoms with Gasteiger partial charge in [0.2, 0.25) is 5.91 Å². The molecule has 1 amide bonds. The Morgan fingerprint density at radius 3 is 2.62 bits per heavy atom. The molecule has 0 saturated carbocycles. The normalized spacial score (nSPS) is 12.2. The largest absolute Gasteiger partial charge is 0.383 e. The zero-order chi connectivity index (χ0) is 23.3. The van der Waals surface area contributed by atoms with E-state index in [1.54, 1.807) is 28.7 Å². The molecule has 1 aromatic heterocycles. The summed E-state index contributed by atoms with van der Waals surface area (Å²) < 4.78 is 6.91. The fourth-order valence-electron chi connectivity index (χ4n) is 4.02. The van der Waals surface area contributed by atoms with Crippen LogP contribution in [0.2, 0.25) is 5.02 Å². The number of nitrogens with zero attached hydrogens (tertiary/aromatic N) is 3. The lowest BCUT2D eigenvalue weighted by Gasteiger charge is -2.32. The van der Waals surface area contributed by atoms with E-state index < -0.39 is 0 Å². The summed E-state index contributed by atoms with van der Waals surface area (Å²) in [6.45, 7) is 6.73. The number of amides is 1. The lowest BCUT2D eigenvalue weighted by Crippen LogP contribution is -2.40. The molecular weight excluding hydrogens is 426 g/mol. The molecule has 0 bridgehead atoms. The van der Waals surface area contributed by atoms with Gasteiger partial charge in [0.05, 0.1) is 29.2 Å². The second kappa shape index (κ2) is 10.7. The fourth-order valence-corrected chi connectivity index (χ4v) is 4.25. The van der Waals surface area contributed by atoms with Gasteiger partial charge in [-0.3, -0.25) is 14.2 Å². The van der Waals surface area contributed by atoms with E-state index in [4.69, 9.17) is 21.3 Å². The summed E-state index contributed by atoms with van der Waals surface area (Å²) in [6.07, 6.45) is 1.78. The van der Waals surface area contributed by atoms with Crippen LogP contribution >= 0.6 is 11.6 Å². The molecule has 170 valence electrons. The minimum Gasteiger partial charge on any atom is -0.383 e. The molecule has 3 rings (SSSR count). The first-order chi connectivity index (χ1) is 15.4. The highest BCUT2D eigenvalue weighted by molar-refractivity contribution is 6.30. The molecule has 0 N–H and O–H groups in total. The summed E-state index contributed by atoms with van der Waals surface area (Å²) in [5, 5.41) is 1.13. The van der Waals surface area contributed by atoms with Crippen LogP contribution in [-0.2, 0) is 9.53 Å². The molecule has 0 aliphatic heterocycles. The number of hydrogen-bond acceptors (Lipinski definition) is 4. The standard InChI is InChI=1S/C25H30ClN3O3/c1-5-9-23(30)28(14-15-32-4)21(6-2)24-27-20-11-8-7-10-19(20)25(31)29(24)22-13-12-18(26)16-17(22)3/h7-8,10-13,16,21H,5-6,9,14-15H2,1-4H3. The van der Waals surface area contributed by atoms with Crippen molar-refractivity contribution in [2.24, 2.45) is 0 Å². The van der Waals surface area contributed by atoms with Crippen molar-refractivity contribution in [3.63, 3.8) is 0 Å². The number of aromatic nitrogens is 2. The molecule has 0 aliphatic rings. The van der Waals surface area contributed by atoms with Gasteiger partial charge in [-0.2, -0.15) is 0 Å². The Kier molecular flexibility index (Phi) is 8.04. The van der Waals surface area contributed by atoms with Gasteiger partial charge in [0.15, 0.2) is 0 Å². The van der Waals surface area contributed by atoms with Crippen LogP contribution in [0.3, 0.4) is 0 Å². The Morgan fingerprint density at radius 1 is 1.22 bits per heavy atom. The van der Waals surface area contributed by atoms with Crippen LogP contribution < -0.4 is 5.56 Å². The number of fused-ring (bicyclic) bond motifs is 1. The van der Waals surface area contributed by atoms with Gasteiger partial charge >= 0.3 is 0 Å². The number of aryl methyl sites for hydroxylation is 1. The maximum atomic E-state index is 13.7. The molecule has 32 heavy (non-hydrogen) atoms. The molecular formula is C25H30ClN3O3. The van der Waals surface area contributed by atoms with Crippen LogP contribution in [0.25, 0.3) is 16.6 Å². The zero-order valence-electron chi connectivity index (χ0n) is 19.1. The average molecular weight is 456 g/mol. The van der Waals surface area contributed by atoms with Gasteiger partial charge in [0, 0.05) is 25.1 Å². The highest BCUT2D eigenvalue weighted by Crippen LogP contribution is 2.28. The fraction of sp³-hybridized carbons (Fsp3) is 0.400. The number of benzene rings is 2. The summed E-state index contributed by atoms with van der Waals surface area (Å²) in [5.74, 6) is 0.570. The van der Waals surface area contributed by atoms with Crippen molar-refractivity contribution in [2.75, 3.05) is 20.3 Å². The third-order valence-corrected chi connectivity index (χ3v) is 5.82. The number of carbonyl (C=O) groups is 1. The Hall–Kier alpha value is -2.70. The molecule has 0 aliphatic carbocycles. The first kappa shape index (κ1) is 24.0. The molecule has 0 radical (unpaired) electrons. The predicted octanol–water partition coefficient (Wildman–Crippen LogP) is 5.07. The minimum atomic E-state index is -0.378. The quantitative estimate of drug-likeness (QED) is 0.451. The van der Waals surface area contributed by atoms with Crippen LogP contribution in [0.5, 0.6) is 0 Å². The third-order valence-electron chi connectivity index (χ3n) is 5.58. The van der Waals surface area contributed by atoms with Crippen LogP contribution in [-0.4, -0.2) is 40.6 Å². The Bertz CT molecular complexity index is 1160. The van der Waals surface area contributed by atoms with Gasteiger partial charge in [0.25, 0.3) is 5.56 Å². The summed E-state index contributed by atoms with van der Waals surface area (Å²) in [5.41, 5.74) is 2.02. The summed E-state index contributed by atoms with van der Waals surface area (Å²) >= 11 is 6.18. The van der Waals surface area contributed by atoms with Crippen molar-refractivity contribution in [1.82, 2.24) is 14.5 Å². The molecule has 2 aromatic carbocycles. The van der Waals surface area contributed by atoms with E-state index in [9.17, 15) is 9.59 Å². The van der Waals surface area contributed by atoms with E-state index in [1.807, 2.05) is 51.1 Å². The van der Waals surface area contributed by atoms with E-state index >= 15 is 0 Å². The third kappa shape index (κ3) is 4.87.